The van der Waals surface area contributed by atoms with E-state index in [4.69, 9.17) is 4.42 Å². The van der Waals surface area contributed by atoms with E-state index in [0.717, 1.165) is 17.0 Å². The van der Waals surface area contributed by atoms with Crippen LogP contribution in [-0.2, 0) is 7.05 Å². The van der Waals surface area contributed by atoms with Gasteiger partial charge in [0.25, 0.3) is 11.9 Å². The summed E-state index contributed by atoms with van der Waals surface area (Å²) >= 11 is 0. The van der Waals surface area contributed by atoms with Gasteiger partial charge in [0.1, 0.15) is 5.52 Å². The molecular weight excluding hydrogens is 300 g/mol. The molecule has 0 spiro atoms. The summed E-state index contributed by atoms with van der Waals surface area (Å²) in [4.78, 5) is 24.6. The zero-order chi connectivity index (χ0) is 16.0. The van der Waals surface area contributed by atoms with E-state index in [2.05, 4.69) is 25.9 Å². The highest BCUT2D eigenvalue weighted by atomic mass is 16.3. The first-order chi connectivity index (χ1) is 11.1. The van der Waals surface area contributed by atoms with Crippen molar-refractivity contribution in [3.8, 4) is 0 Å². The van der Waals surface area contributed by atoms with E-state index in [0.29, 0.717) is 11.1 Å². The van der Waals surface area contributed by atoms with Crippen molar-refractivity contribution in [2.24, 2.45) is 7.05 Å². The Morgan fingerprint density at radius 1 is 1.35 bits per heavy atom. The quantitative estimate of drug-likeness (QED) is 0.571. The fourth-order valence-electron chi connectivity index (χ4n) is 2.56. The van der Waals surface area contributed by atoms with Crippen LogP contribution < -0.4 is 10.7 Å². The Labute approximate surface area is 127 Å². The third kappa shape index (κ3) is 1.98. The Morgan fingerprint density at radius 2 is 2.17 bits per heavy atom. The number of aromatic nitrogens is 5. The van der Waals surface area contributed by atoms with Crippen molar-refractivity contribution in [1.82, 2.24) is 25.2 Å². The van der Waals surface area contributed by atoms with Crippen LogP contribution in [-0.4, -0.2) is 31.1 Å². The number of amides is 1. The first-order valence-corrected chi connectivity index (χ1v) is 6.71. The van der Waals surface area contributed by atoms with Gasteiger partial charge in [-0.15, -0.1) is 5.10 Å². The lowest BCUT2D eigenvalue weighted by Crippen LogP contribution is -2.16. The van der Waals surface area contributed by atoms with Crippen molar-refractivity contribution < 1.29 is 9.21 Å². The summed E-state index contributed by atoms with van der Waals surface area (Å²) in [5, 5.41) is 15.9. The number of hydrogen-bond acceptors (Lipinski definition) is 6. The van der Waals surface area contributed by atoms with Crippen LogP contribution in [0, 0.1) is 0 Å². The van der Waals surface area contributed by atoms with Crippen LogP contribution in [0.2, 0.25) is 0 Å². The lowest BCUT2D eigenvalue weighted by atomic mass is 10.2. The molecule has 0 saturated heterocycles. The number of aromatic amines is 1. The molecule has 114 valence electrons. The van der Waals surface area contributed by atoms with Crippen molar-refractivity contribution >= 4 is 33.9 Å². The van der Waals surface area contributed by atoms with Gasteiger partial charge in [0, 0.05) is 18.5 Å². The van der Waals surface area contributed by atoms with Gasteiger partial charge >= 0.3 is 0 Å². The molecule has 0 atom stereocenters. The molecule has 1 amide bonds. The minimum Gasteiger partial charge on any atom is -0.448 e. The van der Waals surface area contributed by atoms with Crippen molar-refractivity contribution in [2.45, 2.75) is 0 Å². The Morgan fingerprint density at radius 3 is 2.96 bits per heavy atom. The Hall–Kier alpha value is -3.49. The fourth-order valence-corrected chi connectivity index (χ4v) is 2.56. The number of carbonyl (C=O) groups excluding carboxylic acids is 1. The predicted octanol–water partition coefficient (Wildman–Crippen LogP) is 1.05. The zero-order valence-corrected chi connectivity index (χ0v) is 11.9. The van der Waals surface area contributed by atoms with E-state index in [1.54, 1.807) is 11.6 Å². The third-order valence-corrected chi connectivity index (χ3v) is 3.56. The number of aryl methyl sites for hydroxylation is 1. The molecule has 0 aliphatic rings. The van der Waals surface area contributed by atoms with Crippen LogP contribution in [0.25, 0.3) is 22.0 Å². The number of carbonyl (C=O) groups is 1. The van der Waals surface area contributed by atoms with Crippen LogP contribution in [0.5, 0.6) is 0 Å². The Kier molecular flexibility index (Phi) is 2.73. The molecule has 2 N–H and O–H groups in total. The second kappa shape index (κ2) is 4.77. The number of hydrogen-bond donors (Lipinski definition) is 2. The molecule has 1 aromatic carbocycles. The largest absolute Gasteiger partial charge is 0.448 e. The summed E-state index contributed by atoms with van der Waals surface area (Å²) in [6, 6.07) is 8.57. The number of tetrazole rings is 1. The van der Waals surface area contributed by atoms with E-state index >= 15 is 0 Å². The molecule has 0 fully saturated rings. The zero-order valence-electron chi connectivity index (χ0n) is 11.9. The van der Waals surface area contributed by atoms with Gasteiger partial charge in [-0.3, -0.25) is 14.9 Å². The normalized spacial score (nSPS) is 11.2. The molecule has 9 nitrogen and oxygen atoms in total. The molecule has 3 heterocycles. The molecule has 23 heavy (non-hydrogen) atoms. The van der Waals surface area contributed by atoms with Crippen molar-refractivity contribution in [1.29, 1.82) is 0 Å². The number of nitrogens with zero attached hydrogens (tertiary/aromatic N) is 4. The molecule has 0 unspecified atom stereocenters. The van der Waals surface area contributed by atoms with Crippen molar-refractivity contribution in [2.75, 3.05) is 5.32 Å². The van der Waals surface area contributed by atoms with E-state index in [-0.39, 0.29) is 17.1 Å². The van der Waals surface area contributed by atoms with Gasteiger partial charge in [0.05, 0.1) is 5.52 Å². The maximum Gasteiger partial charge on any atom is 0.293 e. The van der Waals surface area contributed by atoms with Gasteiger partial charge in [-0.2, -0.15) is 5.21 Å². The van der Waals surface area contributed by atoms with Gasteiger partial charge in [0.15, 0.2) is 11.3 Å². The number of fused-ring (bicyclic) bond motifs is 3. The summed E-state index contributed by atoms with van der Waals surface area (Å²) in [6.45, 7) is 0. The molecular formula is C14H10N6O3. The fraction of sp³-hybridized carbons (Fsp3) is 0.0714. The second-order valence-electron chi connectivity index (χ2n) is 4.92. The highest BCUT2D eigenvalue weighted by molar-refractivity contribution is 6.07. The molecule has 4 rings (SSSR count). The molecule has 0 aliphatic heterocycles. The molecule has 4 aromatic rings. The number of H-pyrrole nitrogens is 1. The van der Waals surface area contributed by atoms with Gasteiger partial charge in [-0.05, 0) is 17.3 Å². The van der Waals surface area contributed by atoms with Crippen LogP contribution in [0.1, 0.15) is 10.6 Å². The number of rotatable bonds is 2. The maximum absolute atomic E-state index is 12.4. The van der Waals surface area contributed by atoms with Crippen LogP contribution >= 0.6 is 0 Å². The van der Waals surface area contributed by atoms with Crippen LogP contribution in [0.3, 0.4) is 0 Å². The number of anilines is 1. The maximum atomic E-state index is 12.4. The molecule has 0 bridgehead atoms. The molecule has 0 saturated carbocycles. The summed E-state index contributed by atoms with van der Waals surface area (Å²) in [6.07, 6.45) is 0. The lowest BCUT2D eigenvalue weighted by molar-refractivity contribution is 0.0996. The monoisotopic (exact) mass is 310 g/mol. The molecule has 0 aliphatic carbocycles. The second-order valence-corrected chi connectivity index (χ2v) is 4.92. The number of nitrogens with one attached hydrogen (secondary N) is 2. The van der Waals surface area contributed by atoms with E-state index in [1.165, 1.54) is 0 Å². The third-order valence-electron chi connectivity index (χ3n) is 3.56. The SMILES string of the molecule is Cn1c2ccccc2c2oc(C(=O)Nc3nn[nH]n3)cc(=O)c21. The molecule has 0 radical (unpaired) electrons. The average Bonchev–Trinajstić information content (AvgIpc) is 3.15. The number of benzene rings is 1. The minimum atomic E-state index is -0.627. The summed E-state index contributed by atoms with van der Waals surface area (Å²) in [5.41, 5.74) is 1.32. The van der Waals surface area contributed by atoms with Crippen molar-refractivity contribution in [3.05, 3.63) is 46.3 Å². The lowest BCUT2D eigenvalue weighted by Gasteiger charge is -2.00. The average molecular weight is 310 g/mol. The topological polar surface area (TPSA) is 119 Å². The first-order valence-electron chi connectivity index (χ1n) is 6.71. The van der Waals surface area contributed by atoms with E-state index in [1.807, 2.05) is 24.3 Å². The Balaban J connectivity index is 1.91. The standard InChI is InChI=1S/C14H10N6O3/c1-20-8-5-3-2-4-7(8)12-11(20)9(21)6-10(23-12)13(22)15-14-16-18-19-17-14/h2-6H,1H3,(H2,15,16,17,18,19,22). The van der Waals surface area contributed by atoms with Gasteiger partial charge in [0.2, 0.25) is 5.43 Å². The summed E-state index contributed by atoms with van der Waals surface area (Å²) in [5.74, 6) is -0.752. The minimum absolute atomic E-state index is 0.00401. The van der Waals surface area contributed by atoms with Gasteiger partial charge in [-0.1, -0.05) is 17.2 Å². The number of para-hydroxylation sites is 1. The Bertz CT molecular complexity index is 1090. The van der Waals surface area contributed by atoms with Crippen LogP contribution in [0.15, 0.2) is 39.5 Å². The summed E-state index contributed by atoms with van der Waals surface area (Å²) < 4.78 is 7.42. The van der Waals surface area contributed by atoms with Crippen molar-refractivity contribution in [3.63, 3.8) is 0 Å². The first kappa shape index (κ1) is 13.2. The summed E-state index contributed by atoms with van der Waals surface area (Å²) in [7, 11) is 1.78. The van der Waals surface area contributed by atoms with Gasteiger partial charge in [-0.25, -0.2) is 0 Å². The van der Waals surface area contributed by atoms with Gasteiger partial charge < -0.3 is 8.98 Å². The smallest absolute Gasteiger partial charge is 0.293 e. The molecule has 3 aromatic heterocycles. The van der Waals surface area contributed by atoms with Crippen LogP contribution in [0.4, 0.5) is 5.95 Å². The predicted molar refractivity (Wildman–Crippen MR) is 81.1 cm³/mol. The molecule has 9 heteroatoms. The highest BCUT2D eigenvalue weighted by Gasteiger charge is 2.18. The highest BCUT2D eigenvalue weighted by Crippen LogP contribution is 2.26. The van der Waals surface area contributed by atoms with E-state index in [9.17, 15) is 9.59 Å². The van der Waals surface area contributed by atoms with E-state index < -0.39 is 5.91 Å².